The number of halogens is 1. The van der Waals surface area contributed by atoms with E-state index < -0.39 is 0 Å². The van der Waals surface area contributed by atoms with Gasteiger partial charge < -0.3 is 10.1 Å². The fraction of sp³-hybridized carbons (Fsp3) is 0.167. The fourth-order valence-electron chi connectivity index (χ4n) is 1.34. The van der Waals surface area contributed by atoms with E-state index in [0.717, 1.165) is 21.7 Å². The van der Waals surface area contributed by atoms with Gasteiger partial charge in [0, 0.05) is 10.5 Å². The first-order chi connectivity index (χ1) is 8.19. The molecule has 0 amide bonds. The number of aryl methyl sites for hydroxylation is 1. The maximum atomic E-state index is 4.99. The minimum Gasteiger partial charge on any atom is -0.481 e. The van der Waals surface area contributed by atoms with E-state index in [2.05, 4.69) is 31.2 Å². The molecule has 0 aliphatic carbocycles. The third kappa shape index (κ3) is 2.94. The quantitative estimate of drug-likeness (QED) is 0.943. The molecule has 0 fully saturated rings. The second-order valence-electron chi connectivity index (χ2n) is 3.48. The van der Waals surface area contributed by atoms with Gasteiger partial charge in [0.1, 0.15) is 5.82 Å². The van der Waals surface area contributed by atoms with Crippen molar-refractivity contribution in [1.82, 2.24) is 9.97 Å². The largest absolute Gasteiger partial charge is 0.481 e. The van der Waals surface area contributed by atoms with Crippen LogP contribution in [0.2, 0.25) is 0 Å². The van der Waals surface area contributed by atoms with Gasteiger partial charge in [-0.3, -0.25) is 0 Å². The second kappa shape index (κ2) is 5.14. The van der Waals surface area contributed by atoms with Crippen LogP contribution in [0.3, 0.4) is 0 Å². The van der Waals surface area contributed by atoms with Crippen LogP contribution in [0.1, 0.15) is 5.69 Å². The van der Waals surface area contributed by atoms with E-state index in [1.807, 2.05) is 25.1 Å². The molecule has 0 saturated heterocycles. The molecule has 0 saturated carbocycles. The van der Waals surface area contributed by atoms with Crippen LogP contribution in [0, 0.1) is 6.92 Å². The Bertz CT molecular complexity index is 514. The van der Waals surface area contributed by atoms with Gasteiger partial charge in [-0.15, -0.1) is 0 Å². The maximum Gasteiger partial charge on any atom is 0.213 e. The van der Waals surface area contributed by atoms with Gasteiger partial charge in [-0.1, -0.05) is 0 Å². The Morgan fingerprint density at radius 1 is 1.24 bits per heavy atom. The molecule has 0 unspecified atom stereocenters. The average molecular weight is 294 g/mol. The average Bonchev–Trinajstić information content (AvgIpc) is 2.35. The van der Waals surface area contributed by atoms with Crippen LogP contribution in [0.25, 0.3) is 0 Å². The summed E-state index contributed by atoms with van der Waals surface area (Å²) >= 11 is 3.41. The van der Waals surface area contributed by atoms with Crippen molar-refractivity contribution in [3.05, 3.63) is 40.6 Å². The zero-order valence-corrected chi connectivity index (χ0v) is 11.2. The number of nitrogens with one attached hydrogen (secondary N) is 1. The third-order valence-electron chi connectivity index (χ3n) is 2.24. The highest BCUT2D eigenvalue weighted by molar-refractivity contribution is 9.10. The Labute approximate surface area is 108 Å². The number of rotatable bonds is 3. The van der Waals surface area contributed by atoms with Crippen molar-refractivity contribution in [2.75, 3.05) is 12.4 Å². The number of aromatic nitrogens is 2. The minimum absolute atomic E-state index is 0.593. The van der Waals surface area contributed by atoms with Crippen LogP contribution in [-0.4, -0.2) is 17.1 Å². The Kier molecular flexibility index (Phi) is 3.58. The lowest BCUT2D eigenvalue weighted by atomic mass is 10.3. The molecule has 0 aromatic carbocycles. The van der Waals surface area contributed by atoms with Gasteiger partial charge in [0.15, 0.2) is 0 Å². The molecule has 4 nitrogen and oxygen atoms in total. The number of anilines is 2. The summed E-state index contributed by atoms with van der Waals surface area (Å²) < 4.78 is 5.99. The highest BCUT2D eigenvalue weighted by Crippen LogP contribution is 2.20. The van der Waals surface area contributed by atoms with Gasteiger partial charge in [0.05, 0.1) is 24.7 Å². The van der Waals surface area contributed by atoms with E-state index in [1.165, 1.54) is 0 Å². The first-order valence-electron chi connectivity index (χ1n) is 5.09. The number of nitrogens with zero attached hydrogens (tertiary/aromatic N) is 2. The van der Waals surface area contributed by atoms with Crippen LogP contribution in [0.5, 0.6) is 5.88 Å². The van der Waals surface area contributed by atoms with Gasteiger partial charge in [0.2, 0.25) is 5.88 Å². The number of methoxy groups -OCH3 is 1. The summed E-state index contributed by atoms with van der Waals surface area (Å²) in [5.41, 5.74) is 1.82. The number of hydrogen-bond acceptors (Lipinski definition) is 4. The van der Waals surface area contributed by atoms with Crippen LogP contribution >= 0.6 is 15.9 Å². The fourth-order valence-corrected chi connectivity index (χ4v) is 1.56. The molecule has 1 N–H and O–H groups in total. The lowest BCUT2D eigenvalue weighted by Crippen LogP contribution is -1.96. The normalized spacial score (nSPS) is 10.1. The van der Waals surface area contributed by atoms with Gasteiger partial charge in [-0.05, 0) is 41.1 Å². The molecule has 2 aromatic rings. The molecule has 5 heteroatoms. The Balaban J connectivity index is 2.16. The van der Waals surface area contributed by atoms with Crippen LogP contribution in [0.4, 0.5) is 11.5 Å². The molecular weight excluding hydrogens is 282 g/mol. The summed E-state index contributed by atoms with van der Waals surface area (Å²) in [5.74, 6) is 1.38. The van der Waals surface area contributed by atoms with Crippen molar-refractivity contribution in [3.8, 4) is 5.88 Å². The van der Waals surface area contributed by atoms with E-state index in [-0.39, 0.29) is 0 Å². The lowest BCUT2D eigenvalue weighted by molar-refractivity contribution is 0.398. The van der Waals surface area contributed by atoms with E-state index in [9.17, 15) is 0 Å². The molecule has 17 heavy (non-hydrogen) atoms. The topological polar surface area (TPSA) is 47.0 Å². The van der Waals surface area contributed by atoms with E-state index in [0.29, 0.717) is 5.88 Å². The summed E-state index contributed by atoms with van der Waals surface area (Å²) in [6.45, 7) is 1.95. The van der Waals surface area contributed by atoms with Gasteiger partial charge >= 0.3 is 0 Å². The first-order valence-corrected chi connectivity index (χ1v) is 5.88. The van der Waals surface area contributed by atoms with Crippen molar-refractivity contribution in [3.63, 3.8) is 0 Å². The van der Waals surface area contributed by atoms with Crippen molar-refractivity contribution in [1.29, 1.82) is 0 Å². The molecule has 0 aliphatic rings. The zero-order valence-electron chi connectivity index (χ0n) is 9.57. The molecule has 0 atom stereocenters. The van der Waals surface area contributed by atoms with Gasteiger partial charge in [-0.2, -0.15) is 0 Å². The summed E-state index contributed by atoms with van der Waals surface area (Å²) in [6, 6.07) is 7.56. The van der Waals surface area contributed by atoms with Crippen LogP contribution < -0.4 is 10.1 Å². The predicted octanol–water partition coefficient (Wildman–Crippen LogP) is 3.30. The van der Waals surface area contributed by atoms with Gasteiger partial charge in [-0.25, -0.2) is 9.97 Å². The highest BCUT2D eigenvalue weighted by atomic mass is 79.9. The first kappa shape index (κ1) is 11.9. The standard InChI is InChI=1S/C12H12BrN3O/c1-8-10(13)4-5-11(15-8)16-9-3-6-12(17-2)14-7-9/h3-7H,1-2H3,(H,15,16). The Morgan fingerprint density at radius 3 is 2.65 bits per heavy atom. The van der Waals surface area contributed by atoms with Gasteiger partial charge in [0.25, 0.3) is 0 Å². The molecule has 0 spiro atoms. The van der Waals surface area contributed by atoms with E-state index in [4.69, 9.17) is 4.74 Å². The summed E-state index contributed by atoms with van der Waals surface area (Å²) in [7, 11) is 1.59. The molecule has 88 valence electrons. The molecular formula is C12H12BrN3O. The van der Waals surface area contributed by atoms with Crippen molar-refractivity contribution in [2.24, 2.45) is 0 Å². The highest BCUT2D eigenvalue weighted by Gasteiger charge is 2.00. The smallest absolute Gasteiger partial charge is 0.213 e. The second-order valence-corrected chi connectivity index (χ2v) is 4.33. The maximum absolute atomic E-state index is 4.99. The molecule has 2 aromatic heterocycles. The van der Waals surface area contributed by atoms with Crippen molar-refractivity contribution in [2.45, 2.75) is 6.92 Å². The molecule has 0 radical (unpaired) electrons. The zero-order chi connectivity index (χ0) is 12.3. The molecule has 2 heterocycles. The Morgan fingerprint density at radius 2 is 2.06 bits per heavy atom. The molecule has 0 aliphatic heterocycles. The summed E-state index contributed by atoms with van der Waals surface area (Å²) in [6.07, 6.45) is 1.71. The van der Waals surface area contributed by atoms with Crippen LogP contribution in [-0.2, 0) is 0 Å². The molecule has 2 rings (SSSR count). The van der Waals surface area contributed by atoms with E-state index >= 15 is 0 Å². The number of ether oxygens (including phenoxy) is 1. The third-order valence-corrected chi connectivity index (χ3v) is 3.08. The lowest BCUT2D eigenvalue weighted by Gasteiger charge is -2.07. The van der Waals surface area contributed by atoms with Crippen molar-refractivity contribution < 1.29 is 4.74 Å². The van der Waals surface area contributed by atoms with Crippen LogP contribution in [0.15, 0.2) is 34.9 Å². The summed E-state index contributed by atoms with van der Waals surface area (Å²) in [4.78, 5) is 8.51. The minimum atomic E-state index is 0.593. The number of hydrogen-bond donors (Lipinski definition) is 1. The van der Waals surface area contributed by atoms with Crippen molar-refractivity contribution >= 4 is 27.4 Å². The summed E-state index contributed by atoms with van der Waals surface area (Å²) in [5, 5.41) is 3.17. The Hall–Kier alpha value is -1.62. The van der Waals surface area contributed by atoms with E-state index in [1.54, 1.807) is 19.4 Å². The predicted molar refractivity (Wildman–Crippen MR) is 70.7 cm³/mol. The monoisotopic (exact) mass is 293 g/mol. The number of pyridine rings is 2. The molecule has 0 bridgehead atoms. The SMILES string of the molecule is COc1ccc(Nc2ccc(Br)c(C)n2)cn1.